The topological polar surface area (TPSA) is 51.2 Å². The zero-order chi connectivity index (χ0) is 11.6. The van der Waals surface area contributed by atoms with E-state index in [9.17, 15) is 13.2 Å². The molecule has 82 valence electrons. The molecule has 0 spiro atoms. The van der Waals surface area contributed by atoms with Crippen LogP contribution in [-0.2, 0) is 14.8 Å². The molecule has 1 rings (SSSR count). The molecule has 15 heavy (non-hydrogen) atoms. The molecule has 0 saturated carbocycles. The van der Waals surface area contributed by atoms with Gasteiger partial charge in [-0.25, -0.2) is 8.42 Å². The van der Waals surface area contributed by atoms with E-state index in [4.69, 9.17) is 10.7 Å². The Labute approximate surface area is 93.5 Å². The molecule has 0 radical (unpaired) electrons. The number of benzene rings is 1. The van der Waals surface area contributed by atoms with Crippen LogP contribution in [0.1, 0.15) is 27.0 Å². The van der Waals surface area contributed by atoms with Gasteiger partial charge >= 0.3 is 0 Å². The predicted molar refractivity (Wildman–Crippen MR) is 59.8 cm³/mol. The highest BCUT2D eigenvalue weighted by molar-refractivity contribution is 8.13. The van der Waals surface area contributed by atoms with E-state index >= 15 is 0 Å². The lowest BCUT2D eigenvalue weighted by atomic mass is 10.0. The van der Waals surface area contributed by atoms with Crippen LogP contribution in [0, 0.1) is 13.8 Å². The van der Waals surface area contributed by atoms with Gasteiger partial charge in [-0.05, 0) is 36.6 Å². The van der Waals surface area contributed by atoms with Gasteiger partial charge in [-0.15, -0.1) is 0 Å². The van der Waals surface area contributed by atoms with Crippen LogP contribution in [-0.4, -0.2) is 14.7 Å². The monoisotopic (exact) mass is 246 g/mol. The fourth-order valence-corrected chi connectivity index (χ4v) is 2.29. The van der Waals surface area contributed by atoms with Gasteiger partial charge in [0.05, 0.1) is 5.75 Å². The van der Waals surface area contributed by atoms with Gasteiger partial charge < -0.3 is 0 Å². The number of hydrogen-bond donors (Lipinski definition) is 0. The molecule has 0 atom stereocenters. The number of hydrogen-bond acceptors (Lipinski definition) is 3. The van der Waals surface area contributed by atoms with Crippen molar-refractivity contribution in [3.63, 3.8) is 0 Å². The van der Waals surface area contributed by atoms with Crippen molar-refractivity contribution in [2.24, 2.45) is 0 Å². The summed E-state index contributed by atoms with van der Waals surface area (Å²) in [6, 6.07) is 3.35. The minimum absolute atomic E-state index is 0.316. The first-order valence-corrected chi connectivity index (χ1v) is 6.79. The maximum absolute atomic E-state index is 10.9. The van der Waals surface area contributed by atoms with E-state index in [2.05, 4.69) is 0 Å². The number of carbonyl (C=O) groups excluding carboxylic acids is 1. The van der Waals surface area contributed by atoms with Gasteiger partial charge in [0.25, 0.3) is 0 Å². The molecule has 3 nitrogen and oxygen atoms in total. The predicted octanol–water partition coefficient (Wildman–Crippen LogP) is 2.18. The first-order valence-electron chi connectivity index (χ1n) is 4.31. The molecule has 0 fully saturated rings. The van der Waals surface area contributed by atoms with Crippen LogP contribution in [0.5, 0.6) is 0 Å². The molecule has 5 heteroatoms. The Morgan fingerprint density at radius 2 is 1.80 bits per heavy atom. The lowest BCUT2D eigenvalue weighted by Crippen LogP contribution is -2.01. The Hall–Kier alpha value is -0.870. The van der Waals surface area contributed by atoms with Crippen molar-refractivity contribution < 1.29 is 13.2 Å². The molecule has 0 N–H and O–H groups in total. The molecule has 0 bridgehead atoms. The van der Waals surface area contributed by atoms with Crippen molar-refractivity contribution in [2.45, 2.75) is 19.6 Å². The number of rotatable bonds is 3. The second-order valence-corrected chi connectivity index (χ2v) is 6.21. The van der Waals surface area contributed by atoms with E-state index in [1.807, 2.05) is 13.8 Å². The number of halogens is 1. The fourth-order valence-electron chi connectivity index (χ4n) is 1.32. The number of aryl methyl sites for hydroxylation is 2. The summed E-state index contributed by atoms with van der Waals surface area (Å²) in [6.45, 7) is 3.72. The highest BCUT2D eigenvalue weighted by Gasteiger charge is 2.12. The molecule has 0 amide bonds. The summed E-state index contributed by atoms with van der Waals surface area (Å²) in [5, 5.41) is 0. The summed E-state index contributed by atoms with van der Waals surface area (Å²) in [5.74, 6) is -0.316. The highest BCUT2D eigenvalue weighted by atomic mass is 35.7. The lowest BCUT2D eigenvalue weighted by molar-refractivity contribution is 0.112. The van der Waals surface area contributed by atoms with E-state index < -0.39 is 9.05 Å². The van der Waals surface area contributed by atoms with Crippen LogP contribution >= 0.6 is 10.7 Å². The maximum atomic E-state index is 10.9. The van der Waals surface area contributed by atoms with Gasteiger partial charge in [-0.2, -0.15) is 0 Å². The van der Waals surface area contributed by atoms with E-state index in [1.165, 1.54) is 0 Å². The second kappa shape index (κ2) is 4.33. The summed E-state index contributed by atoms with van der Waals surface area (Å²) in [6.07, 6.45) is 0.643. The van der Waals surface area contributed by atoms with E-state index in [0.29, 0.717) is 17.4 Å². The van der Waals surface area contributed by atoms with Crippen LogP contribution in [0.15, 0.2) is 12.1 Å². The first kappa shape index (κ1) is 12.2. The molecule has 0 heterocycles. The van der Waals surface area contributed by atoms with Crippen LogP contribution in [0.4, 0.5) is 0 Å². The lowest BCUT2D eigenvalue weighted by Gasteiger charge is -2.07. The third-order valence-electron chi connectivity index (χ3n) is 2.21. The van der Waals surface area contributed by atoms with Crippen LogP contribution in [0.3, 0.4) is 0 Å². The molecule has 0 aliphatic rings. The summed E-state index contributed by atoms with van der Waals surface area (Å²) in [5.41, 5.74) is 2.72. The second-order valence-electron chi connectivity index (χ2n) is 3.44. The molecule has 0 saturated heterocycles. The van der Waals surface area contributed by atoms with Gasteiger partial charge in [0, 0.05) is 16.2 Å². The zero-order valence-electron chi connectivity index (χ0n) is 8.45. The van der Waals surface area contributed by atoms with Gasteiger partial charge in [-0.1, -0.05) is 6.07 Å². The molecule has 0 aromatic heterocycles. The van der Waals surface area contributed by atoms with Crippen LogP contribution in [0.2, 0.25) is 0 Å². The molecule has 0 aliphatic heterocycles. The highest BCUT2D eigenvalue weighted by Crippen LogP contribution is 2.18. The van der Waals surface area contributed by atoms with Gasteiger partial charge in [0.1, 0.15) is 6.29 Å². The number of carbonyl (C=O) groups is 1. The average molecular weight is 247 g/mol. The summed E-state index contributed by atoms with van der Waals surface area (Å²) in [4.78, 5) is 10.7. The Bertz CT molecular complexity index is 492. The van der Waals surface area contributed by atoms with Crippen molar-refractivity contribution in [3.05, 3.63) is 34.4 Å². The minimum Gasteiger partial charge on any atom is -0.298 e. The number of aldehydes is 1. The standard InChI is InChI=1S/C10H11ClO3S/c1-7-3-9(5-12)10(4-8(7)2)6-15(11,13)14/h3-5H,6H2,1-2H3. The summed E-state index contributed by atoms with van der Waals surface area (Å²) < 4.78 is 21.8. The molecule has 1 aromatic carbocycles. The maximum Gasteiger partial charge on any atom is 0.236 e. The van der Waals surface area contributed by atoms with Crippen molar-refractivity contribution in [1.82, 2.24) is 0 Å². The van der Waals surface area contributed by atoms with Crippen LogP contribution < -0.4 is 0 Å². The van der Waals surface area contributed by atoms with Crippen molar-refractivity contribution in [2.75, 3.05) is 0 Å². The van der Waals surface area contributed by atoms with Crippen LogP contribution in [0.25, 0.3) is 0 Å². The van der Waals surface area contributed by atoms with Gasteiger partial charge in [-0.3, -0.25) is 4.79 Å². The molecule has 0 aliphatic carbocycles. The molecular formula is C10H11ClO3S. The zero-order valence-corrected chi connectivity index (χ0v) is 10.0. The minimum atomic E-state index is -3.63. The summed E-state index contributed by atoms with van der Waals surface area (Å²) in [7, 11) is 1.52. The van der Waals surface area contributed by atoms with E-state index in [1.54, 1.807) is 12.1 Å². The van der Waals surface area contributed by atoms with Gasteiger partial charge in [0.2, 0.25) is 9.05 Å². The van der Waals surface area contributed by atoms with Crippen molar-refractivity contribution >= 4 is 26.0 Å². The average Bonchev–Trinajstić information content (AvgIpc) is 2.08. The Morgan fingerprint density at radius 3 is 2.27 bits per heavy atom. The third-order valence-corrected chi connectivity index (χ3v) is 3.19. The van der Waals surface area contributed by atoms with E-state index in [-0.39, 0.29) is 5.75 Å². The van der Waals surface area contributed by atoms with Crippen molar-refractivity contribution in [1.29, 1.82) is 0 Å². The van der Waals surface area contributed by atoms with Gasteiger partial charge in [0.15, 0.2) is 0 Å². The van der Waals surface area contributed by atoms with Crippen molar-refractivity contribution in [3.8, 4) is 0 Å². The Kier molecular flexibility index (Phi) is 3.52. The SMILES string of the molecule is Cc1cc(C=O)c(CS(=O)(=O)Cl)cc1C. The Morgan fingerprint density at radius 1 is 1.27 bits per heavy atom. The summed E-state index contributed by atoms with van der Waals surface area (Å²) >= 11 is 0. The first-order chi connectivity index (χ1) is 6.83. The molecular weight excluding hydrogens is 236 g/mol. The largest absolute Gasteiger partial charge is 0.298 e. The molecule has 1 aromatic rings. The quantitative estimate of drug-likeness (QED) is 0.607. The normalized spacial score (nSPS) is 11.4. The fraction of sp³-hybridized carbons (Fsp3) is 0.300. The third kappa shape index (κ3) is 3.32. The van der Waals surface area contributed by atoms with E-state index in [0.717, 1.165) is 11.1 Å². The smallest absolute Gasteiger partial charge is 0.236 e. The molecule has 0 unspecified atom stereocenters. The Balaban J connectivity index is 3.28.